The number of hydrogen-bond acceptors (Lipinski definition) is 3. The molecule has 0 radical (unpaired) electrons. The SMILES string of the molecule is CCN(CCCN(C)C)C(C)(CN)Cc1ccccc1F. The summed E-state index contributed by atoms with van der Waals surface area (Å²) in [6.07, 6.45) is 1.74. The molecule has 0 fully saturated rings. The fourth-order valence-electron chi connectivity index (χ4n) is 2.75. The van der Waals surface area contributed by atoms with Gasteiger partial charge in [-0.2, -0.15) is 0 Å². The fourth-order valence-corrected chi connectivity index (χ4v) is 2.75. The zero-order valence-corrected chi connectivity index (χ0v) is 13.9. The van der Waals surface area contributed by atoms with E-state index in [0.717, 1.165) is 31.6 Å². The molecule has 0 aliphatic carbocycles. The maximum Gasteiger partial charge on any atom is 0.126 e. The molecule has 120 valence electrons. The Balaban J connectivity index is 2.77. The number of rotatable bonds is 9. The van der Waals surface area contributed by atoms with Gasteiger partial charge in [-0.05, 0) is 65.1 Å². The van der Waals surface area contributed by atoms with E-state index in [9.17, 15) is 4.39 Å². The first-order valence-electron chi connectivity index (χ1n) is 7.76. The third-order valence-electron chi connectivity index (χ3n) is 4.15. The molecule has 1 unspecified atom stereocenters. The van der Waals surface area contributed by atoms with Crippen LogP contribution in [-0.4, -0.2) is 55.6 Å². The predicted molar refractivity (Wildman–Crippen MR) is 88.0 cm³/mol. The Labute approximate surface area is 128 Å². The van der Waals surface area contributed by atoms with Crippen molar-refractivity contribution in [1.29, 1.82) is 0 Å². The van der Waals surface area contributed by atoms with Gasteiger partial charge in [0.05, 0.1) is 0 Å². The summed E-state index contributed by atoms with van der Waals surface area (Å²) in [5.74, 6) is -0.137. The van der Waals surface area contributed by atoms with Crippen LogP contribution in [0.15, 0.2) is 24.3 Å². The number of benzene rings is 1. The second kappa shape index (κ2) is 8.47. The van der Waals surface area contributed by atoms with Gasteiger partial charge in [0.1, 0.15) is 5.82 Å². The van der Waals surface area contributed by atoms with Gasteiger partial charge in [-0.15, -0.1) is 0 Å². The van der Waals surface area contributed by atoms with Gasteiger partial charge in [0.25, 0.3) is 0 Å². The monoisotopic (exact) mass is 295 g/mol. The van der Waals surface area contributed by atoms with Gasteiger partial charge >= 0.3 is 0 Å². The van der Waals surface area contributed by atoms with Gasteiger partial charge in [0, 0.05) is 12.1 Å². The van der Waals surface area contributed by atoms with E-state index in [4.69, 9.17) is 5.73 Å². The number of halogens is 1. The van der Waals surface area contributed by atoms with E-state index in [0.29, 0.717) is 13.0 Å². The first kappa shape index (κ1) is 18.1. The molecule has 21 heavy (non-hydrogen) atoms. The standard InChI is InChI=1S/C17H30FN3/c1-5-21(12-8-11-20(3)4)17(2,14-19)13-15-9-6-7-10-16(15)18/h6-7,9-10H,5,8,11-14,19H2,1-4H3. The molecule has 2 N–H and O–H groups in total. The largest absolute Gasteiger partial charge is 0.329 e. The highest BCUT2D eigenvalue weighted by Gasteiger charge is 2.30. The summed E-state index contributed by atoms with van der Waals surface area (Å²) in [6.45, 7) is 7.77. The highest BCUT2D eigenvalue weighted by atomic mass is 19.1. The highest BCUT2D eigenvalue weighted by molar-refractivity contribution is 5.20. The van der Waals surface area contributed by atoms with E-state index in [-0.39, 0.29) is 11.4 Å². The molecule has 0 saturated heterocycles. The van der Waals surface area contributed by atoms with Crippen molar-refractivity contribution < 1.29 is 4.39 Å². The quantitative estimate of drug-likeness (QED) is 0.759. The van der Waals surface area contributed by atoms with Crippen LogP contribution < -0.4 is 5.73 Å². The van der Waals surface area contributed by atoms with Crippen LogP contribution >= 0.6 is 0 Å². The Morgan fingerprint density at radius 3 is 2.38 bits per heavy atom. The average molecular weight is 295 g/mol. The first-order valence-corrected chi connectivity index (χ1v) is 7.76. The summed E-state index contributed by atoms with van der Waals surface area (Å²) in [6, 6.07) is 7.00. The zero-order chi connectivity index (χ0) is 15.9. The zero-order valence-electron chi connectivity index (χ0n) is 13.9. The molecule has 3 nitrogen and oxygen atoms in total. The van der Waals surface area contributed by atoms with Gasteiger partial charge in [-0.3, -0.25) is 4.90 Å². The lowest BCUT2D eigenvalue weighted by Crippen LogP contribution is -2.53. The van der Waals surface area contributed by atoms with Crippen molar-refractivity contribution in [2.24, 2.45) is 5.73 Å². The second-order valence-electron chi connectivity index (χ2n) is 6.21. The minimum Gasteiger partial charge on any atom is -0.329 e. The Morgan fingerprint density at radius 2 is 1.86 bits per heavy atom. The lowest BCUT2D eigenvalue weighted by Gasteiger charge is -2.40. The van der Waals surface area contributed by atoms with Crippen LogP contribution in [0.1, 0.15) is 25.8 Å². The summed E-state index contributed by atoms with van der Waals surface area (Å²) >= 11 is 0. The first-order chi connectivity index (χ1) is 9.92. The maximum absolute atomic E-state index is 13.9. The summed E-state index contributed by atoms with van der Waals surface area (Å²) in [7, 11) is 4.16. The van der Waals surface area contributed by atoms with Gasteiger partial charge in [-0.25, -0.2) is 4.39 Å². The third kappa shape index (κ3) is 5.38. The van der Waals surface area contributed by atoms with Crippen LogP contribution in [-0.2, 0) is 6.42 Å². The topological polar surface area (TPSA) is 32.5 Å². The van der Waals surface area contributed by atoms with Crippen LogP contribution in [0.3, 0.4) is 0 Å². The number of nitrogens with two attached hydrogens (primary N) is 1. The molecule has 0 amide bonds. The van der Waals surface area contributed by atoms with Crippen LogP contribution in [0.25, 0.3) is 0 Å². The Hall–Kier alpha value is -0.970. The van der Waals surface area contributed by atoms with E-state index in [1.807, 2.05) is 12.1 Å². The van der Waals surface area contributed by atoms with E-state index in [1.165, 1.54) is 6.07 Å². The lowest BCUT2D eigenvalue weighted by atomic mass is 9.90. The second-order valence-corrected chi connectivity index (χ2v) is 6.21. The molecule has 0 aromatic heterocycles. The van der Waals surface area contributed by atoms with Crippen molar-refractivity contribution in [1.82, 2.24) is 9.80 Å². The lowest BCUT2D eigenvalue weighted by molar-refractivity contribution is 0.111. The van der Waals surface area contributed by atoms with Crippen molar-refractivity contribution in [3.8, 4) is 0 Å². The van der Waals surface area contributed by atoms with E-state index in [2.05, 4.69) is 37.7 Å². The summed E-state index contributed by atoms with van der Waals surface area (Å²) in [5, 5.41) is 0. The molecule has 0 spiro atoms. The van der Waals surface area contributed by atoms with Crippen molar-refractivity contribution in [2.75, 3.05) is 40.3 Å². The van der Waals surface area contributed by atoms with E-state index < -0.39 is 0 Å². The fraction of sp³-hybridized carbons (Fsp3) is 0.647. The Kier molecular flexibility index (Phi) is 7.29. The molecule has 0 aliphatic heterocycles. The molecular formula is C17H30FN3. The molecule has 1 aromatic carbocycles. The number of nitrogens with zero attached hydrogens (tertiary/aromatic N) is 2. The molecule has 0 saturated carbocycles. The van der Waals surface area contributed by atoms with Crippen LogP contribution in [0.2, 0.25) is 0 Å². The van der Waals surface area contributed by atoms with Crippen LogP contribution in [0.5, 0.6) is 0 Å². The Bertz CT molecular complexity index is 422. The van der Waals surface area contributed by atoms with Crippen molar-refractivity contribution in [3.63, 3.8) is 0 Å². The minimum absolute atomic E-state index is 0.137. The Morgan fingerprint density at radius 1 is 1.19 bits per heavy atom. The molecule has 0 bridgehead atoms. The highest BCUT2D eigenvalue weighted by Crippen LogP contribution is 2.22. The van der Waals surface area contributed by atoms with Gasteiger partial charge in [0.2, 0.25) is 0 Å². The molecule has 1 atom stereocenters. The summed E-state index contributed by atoms with van der Waals surface area (Å²) in [5.41, 5.74) is 6.58. The van der Waals surface area contributed by atoms with E-state index >= 15 is 0 Å². The van der Waals surface area contributed by atoms with Crippen LogP contribution in [0.4, 0.5) is 4.39 Å². The molecular weight excluding hydrogens is 265 g/mol. The molecule has 1 rings (SSSR count). The van der Waals surface area contributed by atoms with Gasteiger partial charge in [0.15, 0.2) is 0 Å². The molecule has 0 aliphatic rings. The summed E-state index contributed by atoms with van der Waals surface area (Å²) in [4.78, 5) is 4.56. The third-order valence-corrected chi connectivity index (χ3v) is 4.15. The molecule has 1 aromatic rings. The minimum atomic E-state index is -0.205. The summed E-state index contributed by atoms with van der Waals surface area (Å²) < 4.78 is 13.9. The molecule has 0 heterocycles. The maximum atomic E-state index is 13.9. The van der Waals surface area contributed by atoms with Crippen molar-refractivity contribution in [2.45, 2.75) is 32.2 Å². The number of hydrogen-bond donors (Lipinski definition) is 1. The van der Waals surface area contributed by atoms with E-state index in [1.54, 1.807) is 6.07 Å². The van der Waals surface area contributed by atoms with Crippen molar-refractivity contribution >= 4 is 0 Å². The normalized spacial score (nSPS) is 14.7. The smallest absolute Gasteiger partial charge is 0.126 e. The average Bonchev–Trinajstić information content (AvgIpc) is 2.45. The van der Waals surface area contributed by atoms with Gasteiger partial charge < -0.3 is 10.6 Å². The molecule has 4 heteroatoms. The van der Waals surface area contributed by atoms with Gasteiger partial charge in [-0.1, -0.05) is 25.1 Å². The number of likely N-dealkylation sites (N-methyl/N-ethyl adjacent to an activating group) is 1. The van der Waals surface area contributed by atoms with Crippen LogP contribution in [0, 0.1) is 5.82 Å². The predicted octanol–water partition coefficient (Wildman–Crippen LogP) is 2.36. The van der Waals surface area contributed by atoms with Crippen molar-refractivity contribution in [3.05, 3.63) is 35.6 Å².